The van der Waals surface area contributed by atoms with Crippen LogP contribution in [0.25, 0.3) is 0 Å². The van der Waals surface area contributed by atoms with Crippen molar-refractivity contribution in [3.05, 3.63) is 11.6 Å². The van der Waals surface area contributed by atoms with Gasteiger partial charge in [0.2, 0.25) is 0 Å². The van der Waals surface area contributed by atoms with Crippen molar-refractivity contribution in [1.82, 2.24) is 0 Å². The standard InChI is InChI=1S/C13H21N/c1-10(8-9-14)6-7-11-12(2,3)13(11,4)5/h8,11H,6-7H2,1-5H3. The molecule has 1 aliphatic rings. The summed E-state index contributed by atoms with van der Waals surface area (Å²) in [6, 6.07) is 2.09. The number of hydrogen-bond donors (Lipinski definition) is 0. The van der Waals surface area contributed by atoms with E-state index in [1.165, 1.54) is 12.0 Å². The molecule has 14 heavy (non-hydrogen) atoms. The van der Waals surface area contributed by atoms with Crippen LogP contribution in [0.4, 0.5) is 0 Å². The second kappa shape index (κ2) is 3.42. The number of allylic oxidation sites excluding steroid dienone is 2. The topological polar surface area (TPSA) is 23.8 Å². The highest BCUT2D eigenvalue weighted by atomic mass is 14.7. The predicted molar refractivity (Wildman–Crippen MR) is 59.7 cm³/mol. The third-order valence-electron chi connectivity index (χ3n) is 4.46. The van der Waals surface area contributed by atoms with Crippen LogP contribution in [0.5, 0.6) is 0 Å². The van der Waals surface area contributed by atoms with Crippen molar-refractivity contribution in [3.8, 4) is 6.07 Å². The lowest BCUT2D eigenvalue weighted by molar-refractivity contribution is 0.457. The molecule has 0 aromatic carbocycles. The van der Waals surface area contributed by atoms with Gasteiger partial charge in [0.05, 0.1) is 6.07 Å². The van der Waals surface area contributed by atoms with Crippen molar-refractivity contribution in [2.24, 2.45) is 16.7 Å². The number of hydrogen-bond acceptors (Lipinski definition) is 1. The molecule has 1 nitrogen and oxygen atoms in total. The Kier molecular flexibility index (Phi) is 2.76. The average molecular weight is 191 g/mol. The molecule has 78 valence electrons. The third-order valence-corrected chi connectivity index (χ3v) is 4.46. The first-order valence-electron chi connectivity index (χ1n) is 5.39. The molecule has 0 amide bonds. The largest absolute Gasteiger partial charge is 0.193 e. The SMILES string of the molecule is CC(=CC#N)CCC1C(C)(C)C1(C)C. The van der Waals surface area contributed by atoms with Crippen LogP contribution in [0.1, 0.15) is 47.5 Å². The summed E-state index contributed by atoms with van der Waals surface area (Å²) in [6.07, 6.45) is 3.97. The first-order valence-corrected chi connectivity index (χ1v) is 5.39. The minimum absolute atomic E-state index is 0.486. The summed E-state index contributed by atoms with van der Waals surface area (Å²) in [5, 5.41) is 8.50. The molecule has 0 bridgehead atoms. The fraction of sp³-hybridized carbons (Fsp3) is 0.769. The van der Waals surface area contributed by atoms with E-state index in [1.807, 2.05) is 6.92 Å². The van der Waals surface area contributed by atoms with E-state index in [4.69, 9.17) is 5.26 Å². The molecule has 0 aromatic rings. The lowest BCUT2D eigenvalue weighted by Gasteiger charge is -2.04. The van der Waals surface area contributed by atoms with E-state index in [2.05, 4.69) is 33.8 Å². The number of rotatable bonds is 3. The van der Waals surface area contributed by atoms with Crippen molar-refractivity contribution in [2.45, 2.75) is 47.5 Å². The van der Waals surface area contributed by atoms with Crippen LogP contribution in [0.2, 0.25) is 0 Å². The molecule has 0 saturated heterocycles. The molecule has 0 aromatic heterocycles. The monoisotopic (exact) mass is 191 g/mol. The smallest absolute Gasteiger partial charge is 0.0911 e. The summed E-state index contributed by atoms with van der Waals surface area (Å²) in [5.74, 6) is 0.817. The minimum Gasteiger partial charge on any atom is -0.193 e. The molecule has 0 aliphatic heterocycles. The van der Waals surface area contributed by atoms with Gasteiger partial charge >= 0.3 is 0 Å². The first-order chi connectivity index (χ1) is 6.34. The maximum absolute atomic E-state index is 8.50. The van der Waals surface area contributed by atoms with Crippen LogP contribution in [0.3, 0.4) is 0 Å². The molecule has 1 heteroatoms. The molecular formula is C13H21N. The number of nitriles is 1. The first kappa shape index (κ1) is 11.3. The van der Waals surface area contributed by atoms with Crippen LogP contribution in [-0.2, 0) is 0 Å². The molecule has 1 rings (SSSR count). The lowest BCUT2D eigenvalue weighted by Crippen LogP contribution is -1.95. The van der Waals surface area contributed by atoms with Crippen molar-refractivity contribution in [2.75, 3.05) is 0 Å². The summed E-state index contributed by atoms with van der Waals surface area (Å²) in [4.78, 5) is 0. The van der Waals surface area contributed by atoms with Crippen molar-refractivity contribution >= 4 is 0 Å². The van der Waals surface area contributed by atoms with Gasteiger partial charge in [-0.1, -0.05) is 33.3 Å². The molecule has 1 saturated carbocycles. The Balaban J connectivity index is 2.44. The third kappa shape index (κ3) is 1.71. The van der Waals surface area contributed by atoms with Crippen molar-refractivity contribution in [1.29, 1.82) is 5.26 Å². The predicted octanol–water partition coefficient (Wildman–Crippen LogP) is 3.92. The Labute approximate surface area is 87.8 Å². The highest BCUT2D eigenvalue weighted by Crippen LogP contribution is 2.70. The lowest BCUT2D eigenvalue weighted by atomic mass is 10.0. The second-order valence-corrected chi connectivity index (χ2v) is 5.65. The Morgan fingerprint density at radius 2 is 1.79 bits per heavy atom. The molecule has 1 fully saturated rings. The van der Waals surface area contributed by atoms with Gasteiger partial charge in [-0.3, -0.25) is 0 Å². The summed E-state index contributed by atoms with van der Waals surface area (Å²) >= 11 is 0. The van der Waals surface area contributed by atoms with Gasteiger partial charge in [0.1, 0.15) is 0 Å². The maximum atomic E-state index is 8.50. The summed E-state index contributed by atoms with van der Waals surface area (Å²) in [6.45, 7) is 11.4. The van der Waals surface area contributed by atoms with Crippen LogP contribution < -0.4 is 0 Å². The van der Waals surface area contributed by atoms with Gasteiger partial charge in [-0.25, -0.2) is 0 Å². The van der Waals surface area contributed by atoms with E-state index in [0.29, 0.717) is 10.8 Å². The molecule has 0 atom stereocenters. The Bertz CT molecular complexity index is 275. The van der Waals surface area contributed by atoms with E-state index in [0.717, 1.165) is 12.3 Å². The fourth-order valence-corrected chi connectivity index (χ4v) is 2.61. The molecule has 0 spiro atoms. The zero-order valence-corrected chi connectivity index (χ0v) is 10.0. The van der Waals surface area contributed by atoms with E-state index in [9.17, 15) is 0 Å². The maximum Gasteiger partial charge on any atom is 0.0911 e. The summed E-state index contributed by atoms with van der Waals surface area (Å²) in [7, 11) is 0. The zero-order chi connectivity index (χ0) is 11.0. The van der Waals surface area contributed by atoms with E-state index < -0.39 is 0 Å². The van der Waals surface area contributed by atoms with Gasteiger partial charge in [-0.15, -0.1) is 0 Å². The number of nitrogens with zero attached hydrogens (tertiary/aromatic N) is 1. The normalized spacial score (nSPS) is 24.4. The molecule has 0 unspecified atom stereocenters. The Morgan fingerprint density at radius 1 is 1.29 bits per heavy atom. The van der Waals surface area contributed by atoms with Crippen LogP contribution in [0, 0.1) is 28.1 Å². The zero-order valence-electron chi connectivity index (χ0n) is 10.0. The van der Waals surface area contributed by atoms with Gasteiger partial charge in [-0.2, -0.15) is 5.26 Å². The van der Waals surface area contributed by atoms with Crippen LogP contribution in [-0.4, -0.2) is 0 Å². The van der Waals surface area contributed by atoms with Crippen LogP contribution in [0.15, 0.2) is 11.6 Å². The quantitative estimate of drug-likeness (QED) is 0.620. The van der Waals surface area contributed by atoms with Gasteiger partial charge in [0, 0.05) is 6.08 Å². The molecule has 1 aliphatic carbocycles. The molecular weight excluding hydrogens is 170 g/mol. The summed E-state index contributed by atoms with van der Waals surface area (Å²) in [5.41, 5.74) is 2.19. The molecule has 0 N–H and O–H groups in total. The summed E-state index contributed by atoms with van der Waals surface area (Å²) < 4.78 is 0. The van der Waals surface area contributed by atoms with Crippen molar-refractivity contribution in [3.63, 3.8) is 0 Å². The van der Waals surface area contributed by atoms with Gasteiger partial charge in [-0.05, 0) is 36.5 Å². The fourth-order valence-electron chi connectivity index (χ4n) is 2.61. The van der Waals surface area contributed by atoms with Gasteiger partial charge < -0.3 is 0 Å². The minimum atomic E-state index is 0.486. The van der Waals surface area contributed by atoms with Gasteiger partial charge in [0.25, 0.3) is 0 Å². The Hall–Kier alpha value is -0.770. The van der Waals surface area contributed by atoms with E-state index in [-0.39, 0.29) is 0 Å². The average Bonchev–Trinajstić information content (AvgIpc) is 2.41. The van der Waals surface area contributed by atoms with E-state index >= 15 is 0 Å². The second-order valence-electron chi connectivity index (χ2n) is 5.65. The Morgan fingerprint density at radius 3 is 2.14 bits per heavy atom. The highest BCUT2D eigenvalue weighted by Gasteiger charge is 2.63. The van der Waals surface area contributed by atoms with Crippen LogP contribution >= 0.6 is 0 Å². The van der Waals surface area contributed by atoms with E-state index in [1.54, 1.807) is 6.08 Å². The molecule has 0 heterocycles. The molecule has 0 radical (unpaired) electrons. The highest BCUT2D eigenvalue weighted by molar-refractivity contribution is 5.15. The van der Waals surface area contributed by atoms with Crippen molar-refractivity contribution < 1.29 is 0 Å². The van der Waals surface area contributed by atoms with Gasteiger partial charge in [0.15, 0.2) is 0 Å².